The molecule has 1 atom stereocenters. The molecule has 98 valence electrons. The Kier molecular flexibility index (Phi) is 5.08. The van der Waals surface area contributed by atoms with Crippen LogP contribution in [0.2, 0.25) is 0 Å². The molecule has 0 aromatic heterocycles. The normalized spacial score (nSPS) is 12.4. The number of benzene rings is 1. The van der Waals surface area contributed by atoms with Gasteiger partial charge in [-0.15, -0.1) is 0 Å². The number of carboxylic acid groups (broad SMARTS) is 1. The van der Waals surface area contributed by atoms with Gasteiger partial charge in [-0.2, -0.15) is 0 Å². The van der Waals surface area contributed by atoms with Gasteiger partial charge in [-0.1, -0.05) is 51.5 Å². The van der Waals surface area contributed by atoms with Crippen LogP contribution in [0.15, 0.2) is 24.3 Å². The summed E-state index contributed by atoms with van der Waals surface area (Å²) in [6.45, 7) is 5.60. The van der Waals surface area contributed by atoms with Crippen molar-refractivity contribution >= 4 is 11.8 Å². The van der Waals surface area contributed by atoms with E-state index >= 15 is 0 Å². The van der Waals surface area contributed by atoms with E-state index in [0.29, 0.717) is 5.56 Å². The molecule has 0 saturated carbocycles. The highest BCUT2D eigenvalue weighted by molar-refractivity contribution is 6.08. The molecule has 1 aromatic carbocycles. The highest BCUT2D eigenvalue weighted by Gasteiger charge is 2.30. The average Bonchev–Trinajstić information content (AvgIpc) is 2.29. The van der Waals surface area contributed by atoms with Gasteiger partial charge in [-0.3, -0.25) is 9.59 Å². The molecule has 0 aliphatic carbocycles. The van der Waals surface area contributed by atoms with E-state index in [9.17, 15) is 9.59 Å². The zero-order chi connectivity index (χ0) is 13.7. The third kappa shape index (κ3) is 3.42. The topological polar surface area (TPSA) is 54.4 Å². The molecule has 0 fully saturated rings. The Labute approximate surface area is 108 Å². The minimum Gasteiger partial charge on any atom is -0.481 e. The minimum absolute atomic E-state index is 0.203. The number of carbonyl (C=O) groups is 2. The summed E-state index contributed by atoms with van der Waals surface area (Å²) in [5.41, 5.74) is 1.65. The second-order valence-electron chi connectivity index (χ2n) is 4.87. The van der Waals surface area contributed by atoms with E-state index in [1.165, 1.54) is 5.56 Å². The molecule has 3 heteroatoms. The Bertz CT molecular complexity index is 418. The highest BCUT2D eigenvalue weighted by Crippen LogP contribution is 2.18. The van der Waals surface area contributed by atoms with Crippen LogP contribution in [0.5, 0.6) is 0 Å². The summed E-state index contributed by atoms with van der Waals surface area (Å²) in [6.07, 6.45) is 2.03. The number of aryl methyl sites for hydroxylation is 1. The fourth-order valence-corrected chi connectivity index (χ4v) is 2.00. The second kappa shape index (κ2) is 6.34. The first-order chi connectivity index (χ1) is 8.47. The molecule has 1 aromatic rings. The number of carboxylic acids is 1. The predicted molar refractivity (Wildman–Crippen MR) is 70.7 cm³/mol. The number of rotatable bonds is 6. The SMILES string of the molecule is CCCc1ccc(C(=O)C(C(=O)O)C(C)C)cc1. The van der Waals surface area contributed by atoms with E-state index in [1.54, 1.807) is 26.0 Å². The second-order valence-corrected chi connectivity index (χ2v) is 4.87. The van der Waals surface area contributed by atoms with Crippen molar-refractivity contribution in [3.8, 4) is 0 Å². The van der Waals surface area contributed by atoms with Gasteiger partial charge in [0.25, 0.3) is 0 Å². The fraction of sp³-hybridized carbons (Fsp3) is 0.467. The lowest BCUT2D eigenvalue weighted by Gasteiger charge is -2.15. The van der Waals surface area contributed by atoms with Crippen molar-refractivity contribution < 1.29 is 14.7 Å². The first-order valence-electron chi connectivity index (χ1n) is 6.33. The van der Waals surface area contributed by atoms with Crippen LogP contribution >= 0.6 is 0 Å². The van der Waals surface area contributed by atoms with Crippen molar-refractivity contribution in [2.75, 3.05) is 0 Å². The molecule has 18 heavy (non-hydrogen) atoms. The summed E-state index contributed by atoms with van der Waals surface area (Å²) in [5.74, 6) is -2.51. The molecule has 1 unspecified atom stereocenters. The largest absolute Gasteiger partial charge is 0.481 e. The number of aliphatic carboxylic acids is 1. The van der Waals surface area contributed by atoms with Crippen molar-refractivity contribution in [3.05, 3.63) is 35.4 Å². The lowest BCUT2D eigenvalue weighted by Crippen LogP contribution is -2.28. The third-order valence-corrected chi connectivity index (χ3v) is 2.99. The van der Waals surface area contributed by atoms with Gasteiger partial charge in [-0.25, -0.2) is 0 Å². The molecule has 0 radical (unpaired) electrons. The highest BCUT2D eigenvalue weighted by atomic mass is 16.4. The monoisotopic (exact) mass is 248 g/mol. The van der Waals surface area contributed by atoms with Crippen molar-refractivity contribution in [2.45, 2.75) is 33.6 Å². The number of Topliss-reactive ketones (excluding diaryl/α,β-unsaturated/α-hetero) is 1. The van der Waals surface area contributed by atoms with Crippen LogP contribution in [0.4, 0.5) is 0 Å². The molecule has 0 aliphatic rings. The molecule has 0 spiro atoms. The minimum atomic E-state index is -1.05. The Hall–Kier alpha value is -1.64. The number of hydrogen-bond acceptors (Lipinski definition) is 2. The van der Waals surface area contributed by atoms with Crippen LogP contribution in [-0.4, -0.2) is 16.9 Å². The maximum absolute atomic E-state index is 12.1. The maximum atomic E-state index is 12.1. The molecule has 0 saturated heterocycles. The Morgan fingerprint density at radius 3 is 2.11 bits per heavy atom. The average molecular weight is 248 g/mol. The molecule has 0 heterocycles. The molecule has 3 nitrogen and oxygen atoms in total. The van der Waals surface area contributed by atoms with Crippen LogP contribution in [0.25, 0.3) is 0 Å². The van der Waals surface area contributed by atoms with Crippen LogP contribution in [0, 0.1) is 11.8 Å². The van der Waals surface area contributed by atoms with E-state index in [0.717, 1.165) is 12.8 Å². The fourth-order valence-electron chi connectivity index (χ4n) is 2.00. The van der Waals surface area contributed by atoms with Crippen LogP contribution in [0.3, 0.4) is 0 Å². The summed E-state index contributed by atoms with van der Waals surface area (Å²) in [4.78, 5) is 23.2. The smallest absolute Gasteiger partial charge is 0.314 e. The van der Waals surface area contributed by atoms with Gasteiger partial charge in [-0.05, 0) is 17.9 Å². The molecular formula is C15H20O3. The van der Waals surface area contributed by atoms with Gasteiger partial charge in [0.15, 0.2) is 5.78 Å². The van der Waals surface area contributed by atoms with E-state index in [4.69, 9.17) is 5.11 Å². The summed E-state index contributed by atoms with van der Waals surface area (Å²) in [6, 6.07) is 7.25. The van der Waals surface area contributed by atoms with Crippen molar-refractivity contribution in [3.63, 3.8) is 0 Å². The zero-order valence-electron chi connectivity index (χ0n) is 11.1. The Morgan fingerprint density at radius 2 is 1.72 bits per heavy atom. The number of ketones is 1. The van der Waals surface area contributed by atoms with Crippen LogP contribution in [-0.2, 0) is 11.2 Å². The van der Waals surface area contributed by atoms with Gasteiger partial charge in [0.1, 0.15) is 5.92 Å². The first kappa shape index (κ1) is 14.4. The molecule has 0 aliphatic heterocycles. The summed E-state index contributed by atoms with van der Waals surface area (Å²) in [7, 11) is 0. The van der Waals surface area contributed by atoms with Crippen molar-refractivity contribution in [1.29, 1.82) is 0 Å². The number of carbonyl (C=O) groups excluding carboxylic acids is 1. The molecule has 1 rings (SSSR count). The summed E-state index contributed by atoms with van der Waals surface area (Å²) in [5, 5.41) is 9.09. The van der Waals surface area contributed by atoms with E-state index < -0.39 is 11.9 Å². The summed E-state index contributed by atoms with van der Waals surface area (Å²) < 4.78 is 0. The molecular weight excluding hydrogens is 228 g/mol. The first-order valence-corrected chi connectivity index (χ1v) is 6.33. The molecule has 0 bridgehead atoms. The molecule has 0 amide bonds. The van der Waals surface area contributed by atoms with Gasteiger partial charge in [0, 0.05) is 5.56 Å². The quantitative estimate of drug-likeness (QED) is 0.621. The summed E-state index contributed by atoms with van der Waals surface area (Å²) >= 11 is 0. The lowest BCUT2D eigenvalue weighted by molar-refractivity contribution is -0.141. The Balaban J connectivity index is 2.92. The van der Waals surface area contributed by atoms with Crippen molar-refractivity contribution in [2.24, 2.45) is 11.8 Å². The van der Waals surface area contributed by atoms with E-state index in [1.807, 2.05) is 12.1 Å². The number of hydrogen-bond donors (Lipinski definition) is 1. The van der Waals surface area contributed by atoms with E-state index in [-0.39, 0.29) is 11.7 Å². The predicted octanol–water partition coefficient (Wildman–Crippen LogP) is 3.18. The zero-order valence-corrected chi connectivity index (χ0v) is 11.1. The van der Waals surface area contributed by atoms with Gasteiger partial charge in [0.2, 0.25) is 0 Å². The van der Waals surface area contributed by atoms with E-state index in [2.05, 4.69) is 6.92 Å². The third-order valence-electron chi connectivity index (χ3n) is 2.99. The van der Waals surface area contributed by atoms with Crippen LogP contribution in [0.1, 0.15) is 43.1 Å². The Morgan fingerprint density at radius 1 is 1.17 bits per heavy atom. The van der Waals surface area contributed by atoms with Gasteiger partial charge >= 0.3 is 5.97 Å². The molecule has 1 N–H and O–H groups in total. The van der Waals surface area contributed by atoms with Gasteiger partial charge < -0.3 is 5.11 Å². The maximum Gasteiger partial charge on any atom is 0.314 e. The van der Waals surface area contributed by atoms with Crippen LogP contribution < -0.4 is 0 Å². The standard InChI is InChI=1S/C15H20O3/c1-4-5-11-6-8-12(9-7-11)14(16)13(10(2)3)15(17)18/h6-10,13H,4-5H2,1-3H3,(H,17,18). The van der Waals surface area contributed by atoms with Crippen molar-refractivity contribution in [1.82, 2.24) is 0 Å². The van der Waals surface area contributed by atoms with Gasteiger partial charge in [0.05, 0.1) is 0 Å². The lowest BCUT2D eigenvalue weighted by atomic mass is 9.88.